The smallest absolute Gasteiger partial charge is 0.262 e. The number of carbonyl (C=O) groups excluding carboxylic acids is 1. The van der Waals surface area contributed by atoms with Crippen LogP contribution in [-0.4, -0.2) is 39.8 Å². The number of methoxy groups -OCH3 is 1. The molecule has 0 atom stereocenters. The van der Waals surface area contributed by atoms with Crippen LogP contribution in [0.3, 0.4) is 0 Å². The van der Waals surface area contributed by atoms with Crippen molar-refractivity contribution in [1.82, 2.24) is 20.2 Å². The Bertz CT molecular complexity index is 820. The van der Waals surface area contributed by atoms with Gasteiger partial charge < -0.3 is 14.8 Å². The lowest BCUT2D eigenvalue weighted by Gasteiger charge is -2.11. The fourth-order valence-corrected chi connectivity index (χ4v) is 2.08. The zero-order chi connectivity index (χ0) is 16.8. The second kappa shape index (κ2) is 7.23. The molecule has 0 fully saturated rings. The third-order valence-electron chi connectivity index (χ3n) is 3.17. The molecule has 1 N–H and O–H groups in total. The van der Waals surface area contributed by atoms with Gasteiger partial charge in [-0.05, 0) is 40.8 Å². The van der Waals surface area contributed by atoms with Crippen LogP contribution in [0.15, 0.2) is 54.9 Å². The fraction of sp³-hybridized carbons (Fsp3) is 0.125. The van der Waals surface area contributed by atoms with Crippen molar-refractivity contribution in [3.63, 3.8) is 0 Å². The molecule has 2 aromatic carbocycles. The highest BCUT2D eigenvalue weighted by atomic mass is 16.5. The summed E-state index contributed by atoms with van der Waals surface area (Å²) >= 11 is 0. The van der Waals surface area contributed by atoms with E-state index in [1.54, 1.807) is 37.4 Å². The lowest BCUT2D eigenvalue weighted by atomic mass is 10.3. The summed E-state index contributed by atoms with van der Waals surface area (Å²) in [7, 11) is 1.55. The highest BCUT2D eigenvalue weighted by Gasteiger charge is 2.08. The molecule has 0 saturated carbocycles. The molecule has 0 saturated heterocycles. The number of para-hydroxylation sites is 2. The molecule has 0 bridgehead atoms. The number of nitrogens with one attached hydrogen (secondary N) is 1. The van der Waals surface area contributed by atoms with Crippen LogP contribution in [0.1, 0.15) is 0 Å². The first kappa shape index (κ1) is 15.5. The Morgan fingerprint density at radius 3 is 2.75 bits per heavy atom. The minimum Gasteiger partial charge on any atom is -0.493 e. The minimum absolute atomic E-state index is 0.129. The van der Waals surface area contributed by atoms with Crippen LogP contribution in [0.25, 0.3) is 5.69 Å². The Morgan fingerprint density at radius 2 is 2.00 bits per heavy atom. The van der Waals surface area contributed by atoms with Crippen LogP contribution in [0.2, 0.25) is 0 Å². The van der Waals surface area contributed by atoms with E-state index in [1.165, 1.54) is 11.0 Å². The quantitative estimate of drug-likeness (QED) is 0.741. The maximum absolute atomic E-state index is 12.1. The topological polar surface area (TPSA) is 91.2 Å². The molecule has 3 rings (SSSR count). The average Bonchev–Trinajstić information content (AvgIpc) is 3.15. The first-order valence-electron chi connectivity index (χ1n) is 7.15. The molecule has 3 aromatic rings. The van der Waals surface area contributed by atoms with E-state index < -0.39 is 0 Å². The number of tetrazole rings is 1. The van der Waals surface area contributed by atoms with Gasteiger partial charge in [-0.3, -0.25) is 4.79 Å². The monoisotopic (exact) mass is 325 g/mol. The van der Waals surface area contributed by atoms with Gasteiger partial charge in [0, 0.05) is 5.69 Å². The van der Waals surface area contributed by atoms with E-state index in [-0.39, 0.29) is 12.5 Å². The Morgan fingerprint density at radius 1 is 1.17 bits per heavy atom. The summed E-state index contributed by atoms with van der Waals surface area (Å²) in [6.45, 7) is -0.129. The van der Waals surface area contributed by atoms with Gasteiger partial charge in [0.1, 0.15) is 6.33 Å². The number of carbonyl (C=O) groups is 1. The van der Waals surface area contributed by atoms with E-state index >= 15 is 0 Å². The van der Waals surface area contributed by atoms with Crippen molar-refractivity contribution in [2.75, 3.05) is 19.0 Å². The van der Waals surface area contributed by atoms with E-state index in [4.69, 9.17) is 9.47 Å². The Labute approximate surface area is 138 Å². The van der Waals surface area contributed by atoms with Crippen molar-refractivity contribution < 1.29 is 14.3 Å². The molecular weight excluding hydrogens is 310 g/mol. The number of nitrogens with zero attached hydrogens (tertiary/aromatic N) is 4. The van der Waals surface area contributed by atoms with Crippen LogP contribution in [-0.2, 0) is 4.79 Å². The highest BCUT2D eigenvalue weighted by Crippen LogP contribution is 2.25. The highest BCUT2D eigenvalue weighted by molar-refractivity contribution is 5.92. The molecular formula is C16H15N5O3. The first-order valence-corrected chi connectivity index (χ1v) is 7.15. The van der Waals surface area contributed by atoms with Crippen molar-refractivity contribution in [2.24, 2.45) is 0 Å². The second-order valence-electron chi connectivity index (χ2n) is 4.79. The number of anilines is 1. The maximum atomic E-state index is 12.1. The van der Waals surface area contributed by atoms with Crippen molar-refractivity contribution >= 4 is 11.6 Å². The molecule has 0 radical (unpaired) electrons. The maximum Gasteiger partial charge on any atom is 0.262 e. The normalized spacial score (nSPS) is 10.2. The van der Waals surface area contributed by atoms with Crippen LogP contribution < -0.4 is 14.8 Å². The summed E-state index contributed by atoms with van der Waals surface area (Å²) in [6, 6.07) is 14.3. The summed E-state index contributed by atoms with van der Waals surface area (Å²) in [4.78, 5) is 12.1. The summed E-state index contributed by atoms with van der Waals surface area (Å²) in [6.07, 6.45) is 1.48. The minimum atomic E-state index is -0.283. The molecule has 8 heteroatoms. The van der Waals surface area contributed by atoms with Gasteiger partial charge in [0.05, 0.1) is 12.8 Å². The predicted octanol–water partition coefficient (Wildman–Crippen LogP) is 1.69. The molecule has 1 amide bonds. The third kappa shape index (κ3) is 3.67. The molecule has 1 heterocycles. The fourth-order valence-electron chi connectivity index (χ4n) is 2.08. The van der Waals surface area contributed by atoms with E-state index in [0.717, 1.165) is 5.69 Å². The lowest BCUT2D eigenvalue weighted by Crippen LogP contribution is -2.20. The van der Waals surface area contributed by atoms with Crippen LogP contribution in [0, 0.1) is 0 Å². The summed E-state index contributed by atoms with van der Waals surface area (Å²) in [5.74, 6) is 0.804. The SMILES string of the molecule is COc1ccccc1OCC(=O)Nc1cccc(-n2cnnn2)c1. The standard InChI is InChI=1S/C16H15N5O3/c1-23-14-7-2-3-8-15(14)24-10-16(22)18-12-5-4-6-13(9-12)21-11-17-19-20-21/h2-9,11H,10H2,1H3,(H,18,22). The van der Waals surface area contributed by atoms with Crippen molar-refractivity contribution in [3.8, 4) is 17.2 Å². The zero-order valence-electron chi connectivity index (χ0n) is 12.9. The molecule has 8 nitrogen and oxygen atoms in total. The van der Waals surface area contributed by atoms with E-state index in [9.17, 15) is 4.79 Å². The number of ether oxygens (including phenoxy) is 2. The largest absolute Gasteiger partial charge is 0.493 e. The average molecular weight is 325 g/mol. The number of rotatable bonds is 6. The summed E-state index contributed by atoms with van der Waals surface area (Å²) in [5, 5.41) is 13.7. The van der Waals surface area contributed by atoms with Crippen molar-refractivity contribution in [1.29, 1.82) is 0 Å². The van der Waals surface area contributed by atoms with Crippen LogP contribution in [0.4, 0.5) is 5.69 Å². The number of hydrogen-bond acceptors (Lipinski definition) is 6. The van der Waals surface area contributed by atoms with E-state index in [0.29, 0.717) is 17.2 Å². The number of benzene rings is 2. The van der Waals surface area contributed by atoms with E-state index in [2.05, 4.69) is 20.8 Å². The molecule has 122 valence electrons. The molecule has 0 unspecified atom stereocenters. The van der Waals surface area contributed by atoms with Gasteiger partial charge in [-0.15, -0.1) is 5.10 Å². The molecule has 0 aliphatic rings. The van der Waals surface area contributed by atoms with Gasteiger partial charge in [0.25, 0.3) is 5.91 Å². The van der Waals surface area contributed by atoms with E-state index in [1.807, 2.05) is 18.2 Å². The zero-order valence-corrected chi connectivity index (χ0v) is 12.9. The number of amides is 1. The van der Waals surface area contributed by atoms with Gasteiger partial charge in [-0.25, -0.2) is 4.68 Å². The Hall–Kier alpha value is -3.42. The molecule has 0 aliphatic carbocycles. The van der Waals surface area contributed by atoms with Crippen molar-refractivity contribution in [3.05, 3.63) is 54.9 Å². The number of aromatic nitrogens is 4. The molecule has 1 aromatic heterocycles. The predicted molar refractivity (Wildman–Crippen MR) is 86.3 cm³/mol. The first-order chi connectivity index (χ1) is 11.8. The molecule has 24 heavy (non-hydrogen) atoms. The van der Waals surface area contributed by atoms with Crippen LogP contribution in [0.5, 0.6) is 11.5 Å². The number of hydrogen-bond donors (Lipinski definition) is 1. The van der Waals surface area contributed by atoms with Crippen LogP contribution >= 0.6 is 0 Å². The lowest BCUT2D eigenvalue weighted by molar-refractivity contribution is -0.118. The summed E-state index contributed by atoms with van der Waals surface area (Å²) < 4.78 is 12.2. The van der Waals surface area contributed by atoms with Gasteiger partial charge in [0.2, 0.25) is 0 Å². The second-order valence-corrected chi connectivity index (χ2v) is 4.79. The molecule has 0 aliphatic heterocycles. The van der Waals surface area contributed by atoms with Gasteiger partial charge >= 0.3 is 0 Å². The van der Waals surface area contributed by atoms with Gasteiger partial charge in [-0.1, -0.05) is 18.2 Å². The van der Waals surface area contributed by atoms with Gasteiger partial charge in [0.15, 0.2) is 18.1 Å². The van der Waals surface area contributed by atoms with Gasteiger partial charge in [-0.2, -0.15) is 0 Å². The third-order valence-corrected chi connectivity index (χ3v) is 3.17. The molecule has 0 spiro atoms. The van der Waals surface area contributed by atoms with Crippen molar-refractivity contribution in [2.45, 2.75) is 0 Å². The Kier molecular flexibility index (Phi) is 4.66. The Balaban J connectivity index is 1.62. The summed E-state index contributed by atoms with van der Waals surface area (Å²) in [5.41, 5.74) is 1.36.